The van der Waals surface area contributed by atoms with Crippen LogP contribution < -0.4 is 0 Å². The van der Waals surface area contributed by atoms with Crippen molar-refractivity contribution in [1.82, 2.24) is 0 Å². The second kappa shape index (κ2) is 4.25. The Morgan fingerprint density at radius 2 is 1.83 bits per heavy atom. The quantitative estimate of drug-likeness (QED) is 0.699. The van der Waals surface area contributed by atoms with Gasteiger partial charge in [0.05, 0.1) is 12.0 Å². The van der Waals surface area contributed by atoms with Gasteiger partial charge in [0.25, 0.3) is 0 Å². The van der Waals surface area contributed by atoms with Gasteiger partial charge in [-0.1, -0.05) is 6.42 Å². The van der Waals surface area contributed by atoms with E-state index in [4.69, 9.17) is 4.74 Å². The van der Waals surface area contributed by atoms with E-state index in [0.717, 1.165) is 23.7 Å². The molecule has 3 saturated carbocycles. The zero-order chi connectivity index (χ0) is 12.9. The van der Waals surface area contributed by atoms with E-state index in [1.165, 1.54) is 32.1 Å². The largest absolute Gasteiger partial charge is 0.465 e. The molecule has 18 heavy (non-hydrogen) atoms. The van der Waals surface area contributed by atoms with E-state index in [2.05, 4.69) is 0 Å². The van der Waals surface area contributed by atoms with Crippen molar-refractivity contribution in [3.8, 4) is 0 Å². The topological polar surface area (TPSA) is 26.3 Å². The lowest BCUT2D eigenvalue weighted by Crippen LogP contribution is -2.30. The van der Waals surface area contributed by atoms with E-state index in [0.29, 0.717) is 12.5 Å². The van der Waals surface area contributed by atoms with Gasteiger partial charge in [-0.3, -0.25) is 4.79 Å². The Labute approximate surface area is 110 Å². The highest BCUT2D eigenvalue weighted by Gasteiger charge is 2.53. The van der Waals surface area contributed by atoms with Crippen LogP contribution in [0.1, 0.15) is 52.9 Å². The lowest BCUT2D eigenvalue weighted by molar-refractivity contribution is -0.155. The van der Waals surface area contributed by atoms with Gasteiger partial charge in [0.2, 0.25) is 0 Å². The number of ether oxygens (including phenoxy) is 1. The van der Waals surface area contributed by atoms with Gasteiger partial charge in [-0.15, -0.1) is 0 Å². The van der Waals surface area contributed by atoms with Crippen molar-refractivity contribution < 1.29 is 9.53 Å². The summed E-state index contributed by atoms with van der Waals surface area (Å²) < 4.78 is 5.55. The highest BCUT2D eigenvalue weighted by molar-refractivity contribution is 5.75. The molecule has 5 unspecified atom stereocenters. The maximum Gasteiger partial charge on any atom is 0.311 e. The van der Waals surface area contributed by atoms with E-state index >= 15 is 0 Å². The van der Waals surface area contributed by atoms with Gasteiger partial charge in [0.1, 0.15) is 0 Å². The van der Waals surface area contributed by atoms with Crippen molar-refractivity contribution in [2.75, 3.05) is 6.61 Å². The summed E-state index contributed by atoms with van der Waals surface area (Å²) in [5, 5.41) is 0. The Bertz CT molecular complexity index is 341. The van der Waals surface area contributed by atoms with Crippen LogP contribution in [-0.2, 0) is 9.53 Å². The number of carbonyl (C=O) groups excluding carboxylic acids is 1. The van der Waals surface area contributed by atoms with Crippen LogP contribution in [0, 0.1) is 35.0 Å². The SMILES string of the molecule is CC(C)(C)C(=O)OCC1CC2CC1C1CCCC21. The standard InChI is InChI=1S/C16H26O2/c1-16(2,3)15(17)18-9-11-7-10-8-14(11)13-6-4-5-12(10)13/h10-14H,4-9H2,1-3H3. The zero-order valence-electron chi connectivity index (χ0n) is 11.9. The van der Waals surface area contributed by atoms with Crippen molar-refractivity contribution >= 4 is 5.97 Å². The highest BCUT2D eigenvalue weighted by atomic mass is 16.5. The van der Waals surface area contributed by atoms with Gasteiger partial charge in [0, 0.05) is 0 Å². The lowest BCUT2D eigenvalue weighted by Gasteiger charge is -2.31. The van der Waals surface area contributed by atoms with E-state index in [-0.39, 0.29) is 11.4 Å². The maximum atomic E-state index is 11.8. The third-order valence-corrected chi connectivity index (χ3v) is 5.61. The molecule has 0 aromatic rings. The second-order valence-electron chi connectivity index (χ2n) is 7.76. The average molecular weight is 250 g/mol. The molecular formula is C16H26O2. The van der Waals surface area contributed by atoms with Crippen LogP contribution in [0.15, 0.2) is 0 Å². The van der Waals surface area contributed by atoms with Crippen LogP contribution in [0.25, 0.3) is 0 Å². The molecule has 2 heteroatoms. The predicted octanol–water partition coefficient (Wildman–Crippen LogP) is 3.65. The Kier molecular flexibility index (Phi) is 2.95. The van der Waals surface area contributed by atoms with Gasteiger partial charge in [-0.25, -0.2) is 0 Å². The van der Waals surface area contributed by atoms with Crippen molar-refractivity contribution in [3.63, 3.8) is 0 Å². The first-order valence-electron chi connectivity index (χ1n) is 7.64. The summed E-state index contributed by atoms with van der Waals surface area (Å²) in [5.41, 5.74) is -0.354. The lowest BCUT2D eigenvalue weighted by atomic mass is 9.76. The monoisotopic (exact) mass is 250 g/mol. The normalized spacial score (nSPS) is 42.1. The second-order valence-corrected chi connectivity index (χ2v) is 7.76. The Balaban J connectivity index is 1.55. The minimum Gasteiger partial charge on any atom is -0.465 e. The van der Waals surface area contributed by atoms with Crippen molar-refractivity contribution in [3.05, 3.63) is 0 Å². The molecule has 3 fully saturated rings. The minimum atomic E-state index is -0.354. The van der Waals surface area contributed by atoms with E-state index in [9.17, 15) is 4.79 Å². The zero-order valence-corrected chi connectivity index (χ0v) is 11.9. The summed E-state index contributed by atoms with van der Waals surface area (Å²) in [5.74, 6) is 4.47. The molecule has 102 valence electrons. The molecule has 5 atom stereocenters. The van der Waals surface area contributed by atoms with Gasteiger partial charge >= 0.3 is 5.97 Å². The molecular weight excluding hydrogens is 224 g/mol. The van der Waals surface area contributed by atoms with Crippen molar-refractivity contribution in [2.24, 2.45) is 35.0 Å². The van der Waals surface area contributed by atoms with Crippen LogP contribution >= 0.6 is 0 Å². The minimum absolute atomic E-state index is 0.0340. The first kappa shape index (κ1) is 12.5. The molecule has 3 rings (SSSR count). The molecule has 0 aliphatic heterocycles. The van der Waals surface area contributed by atoms with Crippen molar-refractivity contribution in [1.29, 1.82) is 0 Å². The summed E-state index contributed by atoms with van der Waals surface area (Å²) in [6.45, 7) is 6.48. The fourth-order valence-corrected chi connectivity index (χ4v) is 4.80. The summed E-state index contributed by atoms with van der Waals surface area (Å²) in [6, 6.07) is 0. The number of carbonyl (C=O) groups is 1. The average Bonchev–Trinajstić information content (AvgIpc) is 2.95. The van der Waals surface area contributed by atoms with Gasteiger partial charge in [-0.2, -0.15) is 0 Å². The predicted molar refractivity (Wildman–Crippen MR) is 70.9 cm³/mol. The van der Waals surface area contributed by atoms with Crippen LogP contribution in [0.5, 0.6) is 0 Å². The van der Waals surface area contributed by atoms with E-state index < -0.39 is 0 Å². The third-order valence-electron chi connectivity index (χ3n) is 5.61. The molecule has 0 spiro atoms. The number of rotatable bonds is 2. The molecule has 0 aromatic heterocycles. The Hall–Kier alpha value is -0.530. The first-order valence-corrected chi connectivity index (χ1v) is 7.64. The van der Waals surface area contributed by atoms with E-state index in [1.807, 2.05) is 20.8 Å². The maximum absolute atomic E-state index is 11.8. The molecule has 0 aromatic carbocycles. The van der Waals surface area contributed by atoms with Crippen LogP contribution in [0.2, 0.25) is 0 Å². The number of hydrogen-bond acceptors (Lipinski definition) is 2. The Morgan fingerprint density at radius 3 is 2.56 bits per heavy atom. The molecule has 0 heterocycles. The molecule has 0 amide bonds. The summed E-state index contributed by atoms with van der Waals surface area (Å²) >= 11 is 0. The summed E-state index contributed by atoms with van der Waals surface area (Å²) in [4.78, 5) is 11.8. The molecule has 3 aliphatic rings. The molecule has 0 radical (unpaired) electrons. The number of hydrogen-bond donors (Lipinski definition) is 0. The van der Waals surface area contributed by atoms with Crippen molar-refractivity contribution in [2.45, 2.75) is 52.9 Å². The highest BCUT2D eigenvalue weighted by Crippen LogP contribution is 2.60. The number of fused-ring (bicyclic) bond motifs is 5. The Morgan fingerprint density at radius 1 is 1.11 bits per heavy atom. The van der Waals surface area contributed by atoms with Crippen LogP contribution in [-0.4, -0.2) is 12.6 Å². The molecule has 0 saturated heterocycles. The van der Waals surface area contributed by atoms with Gasteiger partial charge < -0.3 is 4.74 Å². The molecule has 2 nitrogen and oxygen atoms in total. The smallest absolute Gasteiger partial charge is 0.311 e. The van der Waals surface area contributed by atoms with Gasteiger partial charge in [0.15, 0.2) is 0 Å². The molecule has 2 bridgehead atoms. The van der Waals surface area contributed by atoms with Crippen LogP contribution in [0.3, 0.4) is 0 Å². The van der Waals surface area contributed by atoms with Gasteiger partial charge in [-0.05, 0) is 76.0 Å². The van der Waals surface area contributed by atoms with E-state index in [1.54, 1.807) is 0 Å². The van der Waals surface area contributed by atoms with Crippen LogP contribution in [0.4, 0.5) is 0 Å². The third kappa shape index (κ3) is 1.98. The fourth-order valence-electron chi connectivity index (χ4n) is 4.80. The fraction of sp³-hybridized carbons (Fsp3) is 0.938. The molecule has 3 aliphatic carbocycles. The first-order chi connectivity index (χ1) is 8.47. The molecule has 0 N–H and O–H groups in total. The summed E-state index contributed by atoms with van der Waals surface area (Å²) in [7, 11) is 0. The summed E-state index contributed by atoms with van der Waals surface area (Å²) in [6.07, 6.45) is 7.10. The number of esters is 1.